The van der Waals surface area contributed by atoms with Gasteiger partial charge in [0, 0.05) is 24.9 Å². The van der Waals surface area contributed by atoms with Crippen LogP contribution in [0.1, 0.15) is 6.92 Å². The molecule has 0 aromatic rings. The molecular weight excluding hydrogens is 162 g/mol. The molecule has 0 bridgehead atoms. The Morgan fingerprint density at radius 2 is 2.45 bits per heavy atom. The fraction of sp³-hybridized carbons (Fsp3) is 0.143. The molecule has 11 heavy (non-hydrogen) atoms. The molecule has 0 N–H and O–H groups in total. The van der Waals surface area contributed by atoms with Crippen LogP contribution in [0.3, 0.4) is 0 Å². The van der Waals surface area contributed by atoms with E-state index >= 15 is 0 Å². The summed E-state index contributed by atoms with van der Waals surface area (Å²) in [6.07, 6.45) is 5.23. The Bertz CT molecular complexity index is 243. The van der Waals surface area contributed by atoms with Gasteiger partial charge < -0.3 is 4.74 Å². The van der Waals surface area contributed by atoms with Crippen molar-refractivity contribution in [2.45, 2.75) is 6.92 Å². The van der Waals surface area contributed by atoms with Gasteiger partial charge in [-0.05, 0) is 5.41 Å². The molecule has 1 heterocycles. The minimum Gasteiger partial charge on any atom is -0.407 e. The number of nitrogens with zero attached hydrogens (tertiary/aromatic N) is 1. The molecule has 0 unspecified atom stereocenters. The van der Waals surface area contributed by atoms with Gasteiger partial charge in [-0.25, -0.2) is 0 Å². The first kappa shape index (κ1) is 8.07. The van der Waals surface area contributed by atoms with Crippen LogP contribution in [0, 0.1) is 0 Å². The van der Waals surface area contributed by atoms with Crippen LogP contribution in [0.4, 0.5) is 0 Å². The zero-order chi connectivity index (χ0) is 8.10. The standard InChI is InChI=1S/C7H7NO2S/c1-6(9)10-7-4-2-3-5-11-8-7/h2-5H,1H3. The number of allylic oxidation sites excluding steroid dienone is 2. The van der Waals surface area contributed by atoms with Crippen molar-refractivity contribution in [2.24, 2.45) is 4.40 Å². The molecule has 1 aliphatic rings. The third-order valence-electron chi connectivity index (χ3n) is 0.880. The van der Waals surface area contributed by atoms with Crippen molar-refractivity contribution in [1.82, 2.24) is 0 Å². The summed E-state index contributed by atoms with van der Waals surface area (Å²) in [6, 6.07) is 0. The van der Waals surface area contributed by atoms with Gasteiger partial charge in [-0.3, -0.25) is 4.79 Å². The Labute approximate surface area is 69.0 Å². The quantitative estimate of drug-likeness (QED) is 0.409. The molecule has 0 fully saturated rings. The molecular formula is C7H7NO2S. The predicted octanol–water partition coefficient (Wildman–Crippen LogP) is 1.68. The second kappa shape index (κ2) is 3.98. The first-order chi connectivity index (χ1) is 5.29. The molecule has 0 aromatic heterocycles. The smallest absolute Gasteiger partial charge is 0.309 e. The maximum absolute atomic E-state index is 10.5. The molecule has 1 rings (SSSR count). The van der Waals surface area contributed by atoms with Crippen molar-refractivity contribution in [3.63, 3.8) is 0 Å². The van der Waals surface area contributed by atoms with Crippen LogP contribution in [-0.4, -0.2) is 11.9 Å². The molecule has 0 spiro atoms. The summed E-state index contributed by atoms with van der Waals surface area (Å²) in [6.45, 7) is 1.35. The van der Waals surface area contributed by atoms with Crippen LogP contribution < -0.4 is 0 Å². The van der Waals surface area contributed by atoms with E-state index in [0.29, 0.717) is 5.90 Å². The van der Waals surface area contributed by atoms with Gasteiger partial charge in [0.05, 0.1) is 0 Å². The van der Waals surface area contributed by atoms with E-state index in [9.17, 15) is 4.79 Å². The average molecular weight is 169 g/mol. The molecule has 1 aliphatic heterocycles. The summed E-state index contributed by atoms with van der Waals surface area (Å²) in [7, 11) is 0. The summed E-state index contributed by atoms with van der Waals surface area (Å²) in [5.41, 5.74) is 0. The molecule has 0 amide bonds. The lowest BCUT2D eigenvalue weighted by Crippen LogP contribution is -2.05. The van der Waals surface area contributed by atoms with E-state index in [1.165, 1.54) is 18.9 Å². The van der Waals surface area contributed by atoms with E-state index in [-0.39, 0.29) is 5.97 Å². The Hall–Kier alpha value is -1.03. The predicted molar refractivity (Wildman–Crippen MR) is 45.1 cm³/mol. The van der Waals surface area contributed by atoms with Crippen molar-refractivity contribution in [3.8, 4) is 0 Å². The minimum absolute atomic E-state index is 0.340. The zero-order valence-corrected chi connectivity index (χ0v) is 6.80. The van der Waals surface area contributed by atoms with Gasteiger partial charge >= 0.3 is 5.97 Å². The van der Waals surface area contributed by atoms with Crippen LogP contribution in [0.5, 0.6) is 0 Å². The van der Waals surface area contributed by atoms with Crippen molar-refractivity contribution >= 4 is 23.8 Å². The number of carbonyl (C=O) groups excluding carboxylic acids is 1. The van der Waals surface area contributed by atoms with Crippen LogP contribution in [0.2, 0.25) is 0 Å². The number of ether oxygens (including phenoxy) is 1. The highest BCUT2D eigenvalue weighted by atomic mass is 32.2. The van der Waals surface area contributed by atoms with Gasteiger partial charge in [-0.15, -0.1) is 0 Å². The molecule has 0 radical (unpaired) electrons. The molecule has 0 aromatic carbocycles. The van der Waals surface area contributed by atoms with Gasteiger partial charge in [0.15, 0.2) is 0 Å². The van der Waals surface area contributed by atoms with E-state index in [0.717, 1.165) is 0 Å². The maximum atomic E-state index is 10.5. The molecule has 0 aliphatic carbocycles. The molecule has 0 atom stereocenters. The second-order valence-electron chi connectivity index (χ2n) is 1.82. The van der Waals surface area contributed by atoms with E-state index < -0.39 is 0 Å². The van der Waals surface area contributed by atoms with Crippen molar-refractivity contribution in [1.29, 1.82) is 0 Å². The SMILES string of the molecule is CC(=O)OC1=NSC=CC=C1. The summed E-state index contributed by atoms with van der Waals surface area (Å²) in [5.74, 6) is -0.0107. The number of rotatable bonds is 0. The fourth-order valence-corrected chi connectivity index (χ4v) is 0.955. The molecule has 0 saturated heterocycles. The van der Waals surface area contributed by atoms with Crippen LogP contribution in [-0.2, 0) is 9.53 Å². The van der Waals surface area contributed by atoms with E-state index in [2.05, 4.69) is 4.40 Å². The first-order valence-electron chi connectivity index (χ1n) is 3.04. The summed E-state index contributed by atoms with van der Waals surface area (Å²) < 4.78 is 8.61. The van der Waals surface area contributed by atoms with E-state index in [4.69, 9.17) is 4.74 Å². The van der Waals surface area contributed by atoms with Crippen molar-refractivity contribution in [3.05, 3.63) is 23.6 Å². The van der Waals surface area contributed by atoms with Gasteiger partial charge in [-0.2, -0.15) is 4.40 Å². The number of hydrogen-bond acceptors (Lipinski definition) is 4. The third kappa shape index (κ3) is 3.04. The third-order valence-corrected chi connectivity index (χ3v) is 1.44. The lowest BCUT2D eigenvalue weighted by molar-refractivity contribution is -0.132. The molecule has 3 nitrogen and oxygen atoms in total. The highest BCUT2D eigenvalue weighted by Crippen LogP contribution is 2.08. The van der Waals surface area contributed by atoms with E-state index in [1.807, 2.05) is 6.08 Å². The van der Waals surface area contributed by atoms with Crippen LogP contribution in [0.25, 0.3) is 0 Å². The Kier molecular flexibility index (Phi) is 2.92. The molecule has 58 valence electrons. The monoisotopic (exact) mass is 169 g/mol. The van der Waals surface area contributed by atoms with Gasteiger partial charge in [0.25, 0.3) is 0 Å². The Morgan fingerprint density at radius 3 is 3.18 bits per heavy atom. The molecule has 0 saturated carbocycles. The topological polar surface area (TPSA) is 38.7 Å². The highest BCUT2D eigenvalue weighted by molar-refractivity contribution is 8.01. The highest BCUT2D eigenvalue weighted by Gasteiger charge is 1.99. The number of carbonyl (C=O) groups is 1. The number of hydrogen-bond donors (Lipinski definition) is 0. The summed E-state index contributed by atoms with van der Waals surface area (Å²) in [5, 5.41) is 1.80. The average Bonchev–Trinajstić information content (AvgIpc) is 2.14. The zero-order valence-electron chi connectivity index (χ0n) is 5.98. The van der Waals surface area contributed by atoms with E-state index in [1.54, 1.807) is 17.6 Å². The fourth-order valence-electron chi connectivity index (χ4n) is 0.531. The Balaban J connectivity index is 2.58. The second-order valence-corrected chi connectivity index (χ2v) is 2.48. The molecule has 4 heteroatoms. The minimum atomic E-state index is -0.351. The van der Waals surface area contributed by atoms with Gasteiger partial charge in [-0.1, -0.05) is 12.2 Å². The largest absolute Gasteiger partial charge is 0.407 e. The van der Waals surface area contributed by atoms with Gasteiger partial charge in [0.2, 0.25) is 5.90 Å². The van der Waals surface area contributed by atoms with Crippen molar-refractivity contribution in [2.75, 3.05) is 0 Å². The summed E-state index contributed by atoms with van der Waals surface area (Å²) >= 11 is 1.23. The van der Waals surface area contributed by atoms with Gasteiger partial charge in [0.1, 0.15) is 0 Å². The number of esters is 1. The van der Waals surface area contributed by atoms with Crippen LogP contribution >= 0.6 is 11.9 Å². The Morgan fingerprint density at radius 1 is 1.64 bits per heavy atom. The van der Waals surface area contributed by atoms with Crippen molar-refractivity contribution < 1.29 is 9.53 Å². The maximum Gasteiger partial charge on any atom is 0.309 e. The lowest BCUT2D eigenvalue weighted by Gasteiger charge is -1.96. The summed E-state index contributed by atoms with van der Waals surface area (Å²) in [4.78, 5) is 10.5. The first-order valence-corrected chi connectivity index (χ1v) is 3.88. The van der Waals surface area contributed by atoms with Crippen LogP contribution in [0.15, 0.2) is 28.0 Å². The lowest BCUT2D eigenvalue weighted by atomic mass is 10.5. The normalized spacial score (nSPS) is 15.5.